The summed E-state index contributed by atoms with van der Waals surface area (Å²) in [4.78, 5) is 0.0116. The summed E-state index contributed by atoms with van der Waals surface area (Å²) >= 11 is 0. The molecular formula is C13H19NO3S. The van der Waals surface area contributed by atoms with Gasteiger partial charge in [0.05, 0.1) is 0 Å². The highest BCUT2D eigenvalue weighted by Gasteiger charge is 2.37. The number of sulfonamides is 1. The van der Waals surface area contributed by atoms with Gasteiger partial charge < -0.3 is 5.11 Å². The molecule has 0 saturated carbocycles. The van der Waals surface area contributed by atoms with Crippen LogP contribution < -0.4 is 0 Å². The van der Waals surface area contributed by atoms with Crippen molar-refractivity contribution >= 4 is 10.0 Å². The lowest BCUT2D eigenvalue weighted by Gasteiger charge is -2.27. The van der Waals surface area contributed by atoms with E-state index in [1.165, 1.54) is 16.4 Å². The molecule has 2 rings (SSSR count). The number of aromatic hydroxyl groups is 1. The van der Waals surface area contributed by atoms with E-state index >= 15 is 0 Å². The molecule has 1 saturated heterocycles. The highest BCUT2D eigenvalue weighted by Crippen LogP contribution is 2.33. The molecule has 1 atom stereocenters. The van der Waals surface area contributed by atoms with Gasteiger partial charge in [0.15, 0.2) is 0 Å². The fourth-order valence-corrected chi connectivity index (χ4v) is 4.44. The summed E-state index contributed by atoms with van der Waals surface area (Å²) in [6.45, 7) is 4.60. The van der Waals surface area contributed by atoms with Gasteiger partial charge in [0, 0.05) is 12.6 Å². The maximum atomic E-state index is 12.5. The minimum Gasteiger partial charge on any atom is -0.507 e. The molecule has 0 bridgehead atoms. The molecule has 0 amide bonds. The van der Waals surface area contributed by atoms with Crippen LogP contribution in [0.5, 0.6) is 5.75 Å². The quantitative estimate of drug-likeness (QED) is 0.915. The van der Waals surface area contributed by atoms with Crippen LogP contribution in [0.25, 0.3) is 0 Å². The lowest BCUT2D eigenvalue weighted by molar-refractivity contribution is 0.314. The Hall–Kier alpha value is -1.07. The standard InChI is InChI=1S/C13H19NO3S/c1-10(2)11-6-5-9-14(11)18(16,17)13-8-4-3-7-12(13)15/h3-4,7-8,10-11,15H,5-6,9H2,1-2H3. The zero-order valence-corrected chi connectivity index (χ0v) is 11.5. The lowest BCUT2D eigenvalue weighted by Crippen LogP contribution is -2.38. The second-order valence-electron chi connectivity index (χ2n) is 5.04. The van der Waals surface area contributed by atoms with Crippen molar-refractivity contribution in [2.45, 2.75) is 37.6 Å². The van der Waals surface area contributed by atoms with Crippen LogP contribution in [0.4, 0.5) is 0 Å². The van der Waals surface area contributed by atoms with Gasteiger partial charge in [0.25, 0.3) is 0 Å². The van der Waals surface area contributed by atoms with Crippen molar-refractivity contribution in [1.82, 2.24) is 4.31 Å². The van der Waals surface area contributed by atoms with Crippen molar-refractivity contribution in [2.24, 2.45) is 5.92 Å². The molecule has 1 aliphatic heterocycles. The van der Waals surface area contributed by atoms with Gasteiger partial charge in [-0.3, -0.25) is 0 Å². The highest BCUT2D eigenvalue weighted by atomic mass is 32.2. The second kappa shape index (κ2) is 4.90. The van der Waals surface area contributed by atoms with E-state index < -0.39 is 10.0 Å². The number of para-hydroxylation sites is 1. The number of phenols is 1. The summed E-state index contributed by atoms with van der Waals surface area (Å²) in [5.74, 6) is 0.111. The van der Waals surface area contributed by atoms with E-state index in [-0.39, 0.29) is 22.6 Å². The number of hydrogen-bond acceptors (Lipinski definition) is 3. The average Bonchev–Trinajstić information content (AvgIpc) is 2.78. The largest absolute Gasteiger partial charge is 0.507 e. The number of rotatable bonds is 3. The van der Waals surface area contributed by atoms with E-state index in [1.807, 2.05) is 13.8 Å². The number of benzene rings is 1. The first-order valence-electron chi connectivity index (χ1n) is 6.24. The third-order valence-corrected chi connectivity index (χ3v) is 5.44. The first-order valence-corrected chi connectivity index (χ1v) is 7.68. The Labute approximate surface area is 108 Å². The van der Waals surface area contributed by atoms with Crippen LogP contribution in [0.2, 0.25) is 0 Å². The Morgan fingerprint density at radius 1 is 1.33 bits per heavy atom. The van der Waals surface area contributed by atoms with Crippen molar-refractivity contribution in [2.75, 3.05) is 6.54 Å². The molecule has 1 fully saturated rings. The minimum absolute atomic E-state index is 0.0116. The van der Waals surface area contributed by atoms with E-state index in [0.717, 1.165) is 12.8 Å². The molecule has 18 heavy (non-hydrogen) atoms. The lowest BCUT2D eigenvalue weighted by atomic mass is 10.0. The van der Waals surface area contributed by atoms with Gasteiger partial charge in [0.2, 0.25) is 10.0 Å². The van der Waals surface area contributed by atoms with Crippen molar-refractivity contribution in [3.63, 3.8) is 0 Å². The normalized spacial score (nSPS) is 21.6. The average molecular weight is 269 g/mol. The molecule has 5 heteroatoms. The topological polar surface area (TPSA) is 57.6 Å². The molecule has 0 aromatic heterocycles. The Balaban J connectivity index is 2.40. The summed E-state index contributed by atoms with van der Waals surface area (Å²) in [5, 5.41) is 9.73. The fourth-order valence-electron chi connectivity index (χ4n) is 2.53. The predicted molar refractivity (Wildman–Crippen MR) is 69.9 cm³/mol. The van der Waals surface area contributed by atoms with E-state index in [0.29, 0.717) is 6.54 Å². The first-order chi connectivity index (χ1) is 8.44. The highest BCUT2D eigenvalue weighted by molar-refractivity contribution is 7.89. The molecule has 4 nitrogen and oxygen atoms in total. The van der Waals surface area contributed by atoms with Crippen LogP contribution in [-0.4, -0.2) is 30.4 Å². The van der Waals surface area contributed by atoms with Gasteiger partial charge >= 0.3 is 0 Å². The van der Waals surface area contributed by atoms with Crippen LogP contribution in [0.3, 0.4) is 0 Å². The SMILES string of the molecule is CC(C)C1CCCN1S(=O)(=O)c1ccccc1O. The van der Waals surface area contributed by atoms with Crippen LogP contribution >= 0.6 is 0 Å². The molecule has 100 valence electrons. The third kappa shape index (κ3) is 2.24. The second-order valence-corrected chi connectivity index (χ2v) is 6.90. The zero-order chi connectivity index (χ0) is 13.3. The van der Waals surface area contributed by atoms with Gasteiger partial charge in [-0.25, -0.2) is 8.42 Å². The smallest absolute Gasteiger partial charge is 0.247 e. The third-order valence-electron chi connectivity index (χ3n) is 3.47. The predicted octanol–water partition coefficient (Wildman–Crippen LogP) is 2.20. The molecule has 1 heterocycles. The molecule has 1 unspecified atom stereocenters. The maximum absolute atomic E-state index is 12.5. The van der Waals surface area contributed by atoms with Crippen molar-refractivity contribution in [1.29, 1.82) is 0 Å². The van der Waals surface area contributed by atoms with Gasteiger partial charge in [-0.05, 0) is 30.9 Å². The summed E-state index contributed by atoms with van der Waals surface area (Å²) < 4.78 is 26.6. The Kier molecular flexibility index (Phi) is 3.64. The number of nitrogens with zero attached hydrogens (tertiary/aromatic N) is 1. The Morgan fingerprint density at radius 3 is 2.61 bits per heavy atom. The molecule has 1 aliphatic rings. The molecule has 1 aromatic carbocycles. The maximum Gasteiger partial charge on any atom is 0.247 e. The van der Waals surface area contributed by atoms with Crippen LogP contribution in [0.15, 0.2) is 29.2 Å². The van der Waals surface area contributed by atoms with E-state index in [1.54, 1.807) is 12.1 Å². The van der Waals surface area contributed by atoms with Gasteiger partial charge in [-0.1, -0.05) is 26.0 Å². The molecule has 1 N–H and O–H groups in total. The van der Waals surface area contributed by atoms with Crippen LogP contribution in [0, 0.1) is 5.92 Å². The van der Waals surface area contributed by atoms with Crippen LogP contribution in [-0.2, 0) is 10.0 Å². The summed E-state index contributed by atoms with van der Waals surface area (Å²) in [6, 6.07) is 6.16. The molecule has 0 aliphatic carbocycles. The zero-order valence-electron chi connectivity index (χ0n) is 10.7. The first kappa shape index (κ1) is 13.4. The van der Waals surface area contributed by atoms with Gasteiger partial charge in [-0.15, -0.1) is 0 Å². The molecule has 1 aromatic rings. The van der Waals surface area contributed by atoms with E-state index in [2.05, 4.69) is 0 Å². The Morgan fingerprint density at radius 2 is 2.00 bits per heavy atom. The minimum atomic E-state index is -3.58. The molecule has 0 spiro atoms. The van der Waals surface area contributed by atoms with Crippen LogP contribution in [0.1, 0.15) is 26.7 Å². The van der Waals surface area contributed by atoms with Crippen molar-refractivity contribution in [3.8, 4) is 5.75 Å². The number of phenolic OH excluding ortho intramolecular Hbond substituents is 1. The summed E-state index contributed by atoms with van der Waals surface area (Å²) in [5.41, 5.74) is 0. The summed E-state index contributed by atoms with van der Waals surface area (Å²) in [7, 11) is -3.58. The Bertz CT molecular complexity index is 525. The van der Waals surface area contributed by atoms with Crippen molar-refractivity contribution < 1.29 is 13.5 Å². The van der Waals surface area contributed by atoms with E-state index in [4.69, 9.17) is 0 Å². The van der Waals surface area contributed by atoms with Gasteiger partial charge in [0.1, 0.15) is 10.6 Å². The molecule has 0 radical (unpaired) electrons. The molecular weight excluding hydrogens is 250 g/mol. The number of hydrogen-bond donors (Lipinski definition) is 1. The monoisotopic (exact) mass is 269 g/mol. The van der Waals surface area contributed by atoms with Crippen molar-refractivity contribution in [3.05, 3.63) is 24.3 Å². The van der Waals surface area contributed by atoms with Gasteiger partial charge in [-0.2, -0.15) is 4.31 Å². The summed E-state index contributed by atoms with van der Waals surface area (Å²) in [6.07, 6.45) is 1.78. The fraction of sp³-hybridized carbons (Fsp3) is 0.538. The van der Waals surface area contributed by atoms with E-state index in [9.17, 15) is 13.5 Å².